The predicted octanol–water partition coefficient (Wildman–Crippen LogP) is 2.70. The second-order valence-electron chi connectivity index (χ2n) is 6.35. The maximum atomic E-state index is 12.7. The van der Waals surface area contributed by atoms with Crippen LogP contribution in [0.3, 0.4) is 0 Å². The van der Waals surface area contributed by atoms with Crippen molar-refractivity contribution in [3.63, 3.8) is 0 Å². The van der Waals surface area contributed by atoms with Gasteiger partial charge in [0, 0.05) is 12.6 Å². The number of hydrogen-bond acceptors (Lipinski definition) is 2. The highest BCUT2D eigenvalue weighted by Gasteiger charge is 2.48. The molecule has 2 aliphatic rings. The second-order valence-corrected chi connectivity index (χ2v) is 6.35. The zero-order valence-electron chi connectivity index (χ0n) is 12.1. The molecule has 0 aliphatic heterocycles. The van der Waals surface area contributed by atoms with Gasteiger partial charge in [-0.15, -0.1) is 0 Å². The van der Waals surface area contributed by atoms with Gasteiger partial charge in [-0.3, -0.25) is 4.79 Å². The van der Waals surface area contributed by atoms with Crippen molar-refractivity contribution in [2.24, 2.45) is 23.5 Å². The first kappa shape index (κ1) is 15.3. The number of nitrogens with one attached hydrogen (secondary N) is 1. The number of amides is 1. The van der Waals surface area contributed by atoms with Gasteiger partial charge < -0.3 is 11.1 Å². The largest absolute Gasteiger partial charge is 0.416 e. The number of nitrogens with two attached hydrogens (primary N) is 1. The van der Waals surface area contributed by atoms with Crippen molar-refractivity contribution in [1.29, 1.82) is 0 Å². The molecule has 0 saturated heterocycles. The molecular formula is C16H19F3N2O. The molecule has 3 nitrogen and oxygen atoms in total. The zero-order valence-corrected chi connectivity index (χ0v) is 12.1. The number of rotatable bonds is 3. The minimum atomic E-state index is -4.37. The van der Waals surface area contributed by atoms with Gasteiger partial charge in [-0.2, -0.15) is 13.2 Å². The van der Waals surface area contributed by atoms with Gasteiger partial charge in [-0.25, -0.2) is 0 Å². The van der Waals surface area contributed by atoms with E-state index >= 15 is 0 Å². The first-order chi connectivity index (χ1) is 10.4. The summed E-state index contributed by atoms with van der Waals surface area (Å²) in [7, 11) is 0. The Bertz CT molecular complexity index is 571. The minimum absolute atomic E-state index is 0.101. The number of fused-ring (bicyclic) bond motifs is 2. The Hall–Kier alpha value is -1.56. The fourth-order valence-corrected chi connectivity index (χ4v) is 3.89. The van der Waals surface area contributed by atoms with Crippen molar-refractivity contribution in [2.45, 2.75) is 38.0 Å². The molecule has 6 heteroatoms. The number of benzene rings is 1. The monoisotopic (exact) mass is 312 g/mol. The van der Waals surface area contributed by atoms with Gasteiger partial charge in [0.05, 0.1) is 11.5 Å². The molecule has 2 fully saturated rings. The highest BCUT2D eigenvalue weighted by Crippen LogP contribution is 2.47. The lowest BCUT2D eigenvalue weighted by Gasteiger charge is -2.27. The van der Waals surface area contributed by atoms with Crippen molar-refractivity contribution < 1.29 is 18.0 Å². The van der Waals surface area contributed by atoms with E-state index in [1.807, 2.05) is 0 Å². The van der Waals surface area contributed by atoms with Gasteiger partial charge in [0.1, 0.15) is 0 Å². The molecule has 0 heterocycles. The van der Waals surface area contributed by atoms with E-state index in [1.54, 1.807) is 6.07 Å². The second kappa shape index (κ2) is 5.57. The molecule has 4 unspecified atom stereocenters. The van der Waals surface area contributed by atoms with Crippen LogP contribution in [0.4, 0.5) is 13.2 Å². The fourth-order valence-electron chi connectivity index (χ4n) is 3.89. The van der Waals surface area contributed by atoms with Gasteiger partial charge in [-0.05, 0) is 48.8 Å². The molecule has 1 aromatic carbocycles. The third-order valence-corrected chi connectivity index (χ3v) is 5.00. The minimum Gasteiger partial charge on any atom is -0.352 e. The van der Waals surface area contributed by atoms with Gasteiger partial charge in [0.2, 0.25) is 5.91 Å². The fraction of sp³-hybridized carbons (Fsp3) is 0.562. The quantitative estimate of drug-likeness (QED) is 0.901. The lowest BCUT2D eigenvalue weighted by atomic mass is 9.84. The average Bonchev–Trinajstić information content (AvgIpc) is 3.05. The Labute approximate surface area is 127 Å². The Balaban J connectivity index is 1.62. The molecule has 0 spiro atoms. The van der Waals surface area contributed by atoms with Gasteiger partial charge in [-0.1, -0.05) is 12.1 Å². The lowest BCUT2D eigenvalue weighted by Crippen LogP contribution is -2.45. The van der Waals surface area contributed by atoms with E-state index in [4.69, 9.17) is 5.73 Å². The van der Waals surface area contributed by atoms with Crippen molar-refractivity contribution in [3.8, 4) is 0 Å². The molecular weight excluding hydrogens is 293 g/mol. The Morgan fingerprint density at radius 3 is 2.64 bits per heavy atom. The molecule has 3 rings (SSSR count). The Morgan fingerprint density at radius 2 is 2.00 bits per heavy atom. The van der Waals surface area contributed by atoms with E-state index in [0.717, 1.165) is 31.4 Å². The average molecular weight is 312 g/mol. The molecule has 1 aromatic rings. The van der Waals surface area contributed by atoms with Crippen LogP contribution in [0.2, 0.25) is 0 Å². The zero-order chi connectivity index (χ0) is 15.9. The van der Waals surface area contributed by atoms with Gasteiger partial charge >= 0.3 is 6.18 Å². The first-order valence-corrected chi connectivity index (χ1v) is 7.55. The maximum Gasteiger partial charge on any atom is 0.416 e. The van der Waals surface area contributed by atoms with Crippen molar-refractivity contribution in [1.82, 2.24) is 5.32 Å². The molecule has 2 bridgehead atoms. The number of halogens is 3. The maximum absolute atomic E-state index is 12.7. The Kier molecular flexibility index (Phi) is 3.89. The first-order valence-electron chi connectivity index (χ1n) is 7.55. The van der Waals surface area contributed by atoms with Crippen LogP contribution >= 0.6 is 0 Å². The van der Waals surface area contributed by atoms with Gasteiger partial charge in [0.25, 0.3) is 0 Å². The van der Waals surface area contributed by atoms with Crippen molar-refractivity contribution >= 4 is 5.91 Å². The van der Waals surface area contributed by atoms with Crippen LogP contribution in [0.5, 0.6) is 0 Å². The van der Waals surface area contributed by atoms with E-state index in [1.165, 1.54) is 6.07 Å². The molecule has 4 atom stereocenters. The van der Waals surface area contributed by atoms with Crippen LogP contribution in [0, 0.1) is 17.8 Å². The summed E-state index contributed by atoms with van der Waals surface area (Å²) in [4.78, 5) is 12.3. The summed E-state index contributed by atoms with van der Waals surface area (Å²) in [5.41, 5.74) is 5.85. The van der Waals surface area contributed by atoms with Crippen LogP contribution in [0.15, 0.2) is 24.3 Å². The summed E-state index contributed by atoms with van der Waals surface area (Å²) < 4.78 is 38.0. The van der Waals surface area contributed by atoms with Crippen LogP contribution < -0.4 is 11.1 Å². The number of carbonyl (C=O) groups is 1. The molecule has 0 radical (unpaired) electrons. The van der Waals surface area contributed by atoms with Crippen LogP contribution in [0.25, 0.3) is 0 Å². The van der Waals surface area contributed by atoms with Crippen LogP contribution in [-0.2, 0) is 17.5 Å². The summed E-state index contributed by atoms with van der Waals surface area (Å²) in [5, 5.41) is 2.75. The summed E-state index contributed by atoms with van der Waals surface area (Å²) in [5.74, 6) is 0.442. The van der Waals surface area contributed by atoms with Crippen molar-refractivity contribution in [2.75, 3.05) is 0 Å². The number of alkyl halides is 3. The summed E-state index contributed by atoms with van der Waals surface area (Å²) in [6.07, 6.45) is -1.25. The van der Waals surface area contributed by atoms with Crippen LogP contribution in [0.1, 0.15) is 30.4 Å². The van der Waals surface area contributed by atoms with Crippen LogP contribution in [-0.4, -0.2) is 11.9 Å². The Morgan fingerprint density at radius 1 is 1.27 bits per heavy atom. The molecule has 120 valence electrons. The highest BCUT2D eigenvalue weighted by molar-refractivity contribution is 5.80. The number of carbonyl (C=O) groups excluding carboxylic acids is 1. The SMILES string of the molecule is NC1C2CCC(C2)C1C(=O)NCc1cccc(C(F)(F)F)c1. The van der Waals surface area contributed by atoms with E-state index in [9.17, 15) is 18.0 Å². The molecule has 1 amide bonds. The van der Waals surface area contributed by atoms with E-state index in [2.05, 4.69) is 5.32 Å². The standard InChI is InChI=1S/C16H19F3N2O/c17-16(18,19)12-3-1-2-9(6-12)8-21-15(22)13-10-4-5-11(7-10)14(13)20/h1-3,6,10-11,13-14H,4-5,7-8,20H2,(H,21,22). The molecule has 3 N–H and O–H groups in total. The third-order valence-electron chi connectivity index (χ3n) is 5.00. The molecule has 22 heavy (non-hydrogen) atoms. The third kappa shape index (κ3) is 2.84. The summed E-state index contributed by atoms with van der Waals surface area (Å²) in [6.45, 7) is 0.101. The van der Waals surface area contributed by atoms with E-state index in [0.29, 0.717) is 17.4 Å². The predicted molar refractivity (Wildman–Crippen MR) is 75.6 cm³/mol. The molecule has 2 aliphatic carbocycles. The molecule has 0 aromatic heterocycles. The lowest BCUT2D eigenvalue weighted by molar-refractivity contribution is -0.137. The highest BCUT2D eigenvalue weighted by atomic mass is 19.4. The van der Waals surface area contributed by atoms with Crippen molar-refractivity contribution in [3.05, 3.63) is 35.4 Å². The van der Waals surface area contributed by atoms with Gasteiger partial charge in [0.15, 0.2) is 0 Å². The summed E-state index contributed by atoms with van der Waals surface area (Å²) in [6, 6.07) is 4.92. The van der Waals surface area contributed by atoms with E-state index < -0.39 is 11.7 Å². The number of hydrogen-bond donors (Lipinski definition) is 2. The smallest absolute Gasteiger partial charge is 0.352 e. The topological polar surface area (TPSA) is 55.1 Å². The molecule has 2 saturated carbocycles. The van der Waals surface area contributed by atoms with E-state index in [-0.39, 0.29) is 24.4 Å². The summed E-state index contributed by atoms with van der Waals surface area (Å²) >= 11 is 0. The normalized spacial score (nSPS) is 30.5.